The lowest BCUT2D eigenvalue weighted by atomic mass is 10.1. The van der Waals surface area contributed by atoms with Crippen LogP contribution in [0.3, 0.4) is 0 Å². The lowest BCUT2D eigenvalue weighted by molar-refractivity contribution is 0.293. The van der Waals surface area contributed by atoms with E-state index in [9.17, 15) is 0 Å². The molecule has 1 aromatic rings. The van der Waals surface area contributed by atoms with E-state index < -0.39 is 0 Å². The SMILES string of the molecule is CN(CCNC(C)(C)C)Cc1ccon1. The minimum Gasteiger partial charge on any atom is -0.364 e. The average Bonchev–Trinajstić information content (AvgIpc) is 2.54. The molecular weight excluding hydrogens is 190 g/mol. The van der Waals surface area contributed by atoms with Crippen molar-refractivity contribution in [1.82, 2.24) is 15.4 Å². The molecule has 0 aliphatic heterocycles. The fourth-order valence-corrected chi connectivity index (χ4v) is 1.30. The van der Waals surface area contributed by atoms with Crippen molar-refractivity contribution in [1.29, 1.82) is 0 Å². The zero-order valence-corrected chi connectivity index (χ0v) is 10.1. The Morgan fingerprint density at radius 2 is 2.20 bits per heavy atom. The number of rotatable bonds is 5. The first-order chi connectivity index (χ1) is 6.97. The summed E-state index contributed by atoms with van der Waals surface area (Å²) in [4.78, 5) is 2.22. The predicted molar refractivity (Wildman–Crippen MR) is 60.6 cm³/mol. The van der Waals surface area contributed by atoms with Crippen LogP contribution in [0.5, 0.6) is 0 Å². The second-order valence-electron chi connectivity index (χ2n) is 4.91. The van der Waals surface area contributed by atoms with Gasteiger partial charge in [0.05, 0.1) is 5.69 Å². The van der Waals surface area contributed by atoms with E-state index >= 15 is 0 Å². The summed E-state index contributed by atoms with van der Waals surface area (Å²) in [7, 11) is 2.08. The number of nitrogens with zero attached hydrogens (tertiary/aromatic N) is 2. The van der Waals surface area contributed by atoms with Gasteiger partial charge in [0.25, 0.3) is 0 Å². The van der Waals surface area contributed by atoms with E-state index in [-0.39, 0.29) is 5.54 Å². The predicted octanol–water partition coefficient (Wildman–Crippen LogP) is 1.49. The zero-order chi connectivity index (χ0) is 11.3. The summed E-state index contributed by atoms with van der Waals surface area (Å²) in [6, 6.07) is 1.90. The molecular formula is C11H21N3O. The van der Waals surface area contributed by atoms with Gasteiger partial charge in [-0.15, -0.1) is 0 Å². The highest BCUT2D eigenvalue weighted by Gasteiger charge is 2.09. The summed E-state index contributed by atoms with van der Waals surface area (Å²) in [5, 5.41) is 7.32. The Balaban J connectivity index is 2.17. The molecule has 4 heteroatoms. The maximum absolute atomic E-state index is 4.78. The Hall–Kier alpha value is -0.870. The van der Waals surface area contributed by atoms with Gasteiger partial charge in [-0.2, -0.15) is 0 Å². The third kappa shape index (κ3) is 5.54. The second-order valence-corrected chi connectivity index (χ2v) is 4.91. The lowest BCUT2D eigenvalue weighted by Crippen LogP contribution is -2.40. The third-order valence-electron chi connectivity index (χ3n) is 2.07. The van der Waals surface area contributed by atoms with E-state index in [0.717, 1.165) is 25.3 Å². The zero-order valence-electron chi connectivity index (χ0n) is 10.1. The highest BCUT2D eigenvalue weighted by molar-refractivity contribution is 4.94. The fourth-order valence-electron chi connectivity index (χ4n) is 1.30. The maximum Gasteiger partial charge on any atom is 0.124 e. The summed E-state index contributed by atoms with van der Waals surface area (Å²) in [5.74, 6) is 0. The summed E-state index contributed by atoms with van der Waals surface area (Å²) in [6.45, 7) is 9.34. The van der Waals surface area contributed by atoms with Crippen molar-refractivity contribution in [3.8, 4) is 0 Å². The van der Waals surface area contributed by atoms with Crippen LogP contribution in [-0.2, 0) is 6.54 Å². The number of hydrogen-bond acceptors (Lipinski definition) is 4. The molecule has 0 aliphatic rings. The Bertz CT molecular complexity index is 264. The van der Waals surface area contributed by atoms with Gasteiger partial charge in [0.15, 0.2) is 0 Å². The van der Waals surface area contributed by atoms with Gasteiger partial charge in [0.1, 0.15) is 6.26 Å². The van der Waals surface area contributed by atoms with E-state index in [0.29, 0.717) is 0 Å². The first-order valence-corrected chi connectivity index (χ1v) is 5.30. The van der Waals surface area contributed by atoms with Gasteiger partial charge >= 0.3 is 0 Å². The highest BCUT2D eigenvalue weighted by Crippen LogP contribution is 2.00. The quantitative estimate of drug-likeness (QED) is 0.801. The van der Waals surface area contributed by atoms with Crippen LogP contribution in [0.25, 0.3) is 0 Å². The topological polar surface area (TPSA) is 41.3 Å². The Labute approximate surface area is 91.6 Å². The van der Waals surface area contributed by atoms with Crippen molar-refractivity contribution in [3.63, 3.8) is 0 Å². The van der Waals surface area contributed by atoms with Gasteiger partial charge in [-0.25, -0.2) is 0 Å². The van der Waals surface area contributed by atoms with E-state index in [2.05, 4.69) is 43.2 Å². The van der Waals surface area contributed by atoms with Crippen LogP contribution < -0.4 is 5.32 Å². The molecule has 0 radical (unpaired) electrons. The van der Waals surface area contributed by atoms with Crippen molar-refractivity contribution in [2.75, 3.05) is 20.1 Å². The minimum absolute atomic E-state index is 0.189. The minimum atomic E-state index is 0.189. The van der Waals surface area contributed by atoms with Crippen molar-refractivity contribution in [2.24, 2.45) is 0 Å². The Morgan fingerprint density at radius 3 is 2.73 bits per heavy atom. The molecule has 1 aromatic heterocycles. The molecule has 0 atom stereocenters. The largest absolute Gasteiger partial charge is 0.364 e. The molecule has 0 fully saturated rings. The Morgan fingerprint density at radius 1 is 1.47 bits per heavy atom. The van der Waals surface area contributed by atoms with Crippen molar-refractivity contribution >= 4 is 0 Å². The number of likely N-dealkylation sites (N-methyl/N-ethyl adjacent to an activating group) is 1. The first kappa shape index (κ1) is 12.2. The van der Waals surface area contributed by atoms with Crippen LogP contribution in [0.1, 0.15) is 26.5 Å². The highest BCUT2D eigenvalue weighted by atomic mass is 16.5. The van der Waals surface area contributed by atoms with Gasteiger partial charge in [-0.3, -0.25) is 4.90 Å². The normalized spacial score (nSPS) is 12.3. The average molecular weight is 211 g/mol. The van der Waals surface area contributed by atoms with Crippen LogP contribution in [-0.4, -0.2) is 35.7 Å². The van der Waals surface area contributed by atoms with E-state index in [1.807, 2.05) is 6.07 Å². The van der Waals surface area contributed by atoms with E-state index in [1.165, 1.54) is 0 Å². The molecule has 4 nitrogen and oxygen atoms in total. The molecule has 0 saturated heterocycles. The number of nitrogens with one attached hydrogen (secondary N) is 1. The molecule has 0 amide bonds. The van der Waals surface area contributed by atoms with E-state index in [4.69, 9.17) is 4.52 Å². The Kier molecular flexibility index (Phi) is 4.29. The molecule has 0 bridgehead atoms. The number of hydrogen-bond donors (Lipinski definition) is 1. The smallest absolute Gasteiger partial charge is 0.124 e. The third-order valence-corrected chi connectivity index (χ3v) is 2.07. The van der Waals surface area contributed by atoms with Crippen LogP contribution in [0.15, 0.2) is 16.9 Å². The molecule has 0 saturated carbocycles. The van der Waals surface area contributed by atoms with Gasteiger partial charge in [-0.05, 0) is 27.8 Å². The van der Waals surface area contributed by atoms with Gasteiger partial charge < -0.3 is 9.84 Å². The van der Waals surface area contributed by atoms with Crippen molar-refractivity contribution in [2.45, 2.75) is 32.9 Å². The lowest BCUT2D eigenvalue weighted by Gasteiger charge is -2.23. The molecule has 0 spiro atoms. The van der Waals surface area contributed by atoms with Crippen LogP contribution in [0.4, 0.5) is 0 Å². The molecule has 1 heterocycles. The van der Waals surface area contributed by atoms with Crippen LogP contribution >= 0.6 is 0 Å². The standard InChI is InChI=1S/C11H21N3O/c1-11(2,3)12-6-7-14(4)9-10-5-8-15-13-10/h5,8,12H,6-7,9H2,1-4H3. The number of aromatic nitrogens is 1. The van der Waals surface area contributed by atoms with Crippen molar-refractivity contribution < 1.29 is 4.52 Å². The molecule has 1 N–H and O–H groups in total. The maximum atomic E-state index is 4.78. The molecule has 0 unspecified atom stereocenters. The fraction of sp³-hybridized carbons (Fsp3) is 0.727. The monoisotopic (exact) mass is 211 g/mol. The molecule has 15 heavy (non-hydrogen) atoms. The van der Waals surface area contributed by atoms with Crippen LogP contribution in [0, 0.1) is 0 Å². The summed E-state index contributed by atoms with van der Waals surface area (Å²) in [5.41, 5.74) is 1.17. The molecule has 86 valence electrons. The molecule has 0 aliphatic carbocycles. The second kappa shape index (κ2) is 5.28. The first-order valence-electron chi connectivity index (χ1n) is 5.30. The summed E-state index contributed by atoms with van der Waals surface area (Å²) in [6.07, 6.45) is 1.61. The summed E-state index contributed by atoms with van der Waals surface area (Å²) < 4.78 is 4.78. The van der Waals surface area contributed by atoms with E-state index in [1.54, 1.807) is 6.26 Å². The summed E-state index contributed by atoms with van der Waals surface area (Å²) >= 11 is 0. The molecule has 0 aromatic carbocycles. The molecule has 1 rings (SSSR count). The van der Waals surface area contributed by atoms with Gasteiger partial charge in [-0.1, -0.05) is 5.16 Å². The van der Waals surface area contributed by atoms with Crippen molar-refractivity contribution in [3.05, 3.63) is 18.0 Å². The van der Waals surface area contributed by atoms with Gasteiger partial charge in [0, 0.05) is 31.2 Å². The van der Waals surface area contributed by atoms with Gasteiger partial charge in [0.2, 0.25) is 0 Å². The van der Waals surface area contributed by atoms with Crippen LogP contribution in [0.2, 0.25) is 0 Å².